The van der Waals surface area contributed by atoms with Gasteiger partial charge >= 0.3 is 0 Å². The molecular weight excluding hydrogens is 388 g/mol. The molecule has 2 N–H and O–H groups in total. The lowest BCUT2D eigenvalue weighted by atomic mass is 9.88. The summed E-state index contributed by atoms with van der Waals surface area (Å²) in [4.78, 5) is 26.9. The van der Waals surface area contributed by atoms with Crippen molar-refractivity contribution in [1.29, 1.82) is 0 Å². The summed E-state index contributed by atoms with van der Waals surface area (Å²) in [5, 5.41) is 6.37. The number of carbonyl (C=O) groups excluding carboxylic acids is 2. The molecule has 0 unspecified atom stereocenters. The van der Waals surface area contributed by atoms with Gasteiger partial charge in [0.2, 0.25) is 0 Å². The number of thiophene rings is 1. The molecule has 1 aliphatic carbocycles. The van der Waals surface area contributed by atoms with Crippen molar-refractivity contribution in [2.75, 3.05) is 17.7 Å². The first-order valence-electron chi connectivity index (χ1n) is 9.50. The molecule has 3 aromatic rings. The molecule has 0 saturated carbocycles. The molecule has 1 aromatic carbocycles. The molecule has 1 atom stereocenters. The van der Waals surface area contributed by atoms with E-state index in [4.69, 9.17) is 9.15 Å². The average molecular weight is 410 g/mol. The number of hydrogen-bond acceptors (Lipinski definition) is 5. The van der Waals surface area contributed by atoms with Crippen LogP contribution in [0.15, 0.2) is 47.1 Å². The second kappa shape index (κ2) is 8.13. The standard InChI is InChI=1S/C22H22N2O4S/c1-13-9-10-14-18(12-13)29-22(24-20(25)17-8-5-11-28-17)19(14)21(26)23-15-6-3-4-7-16(15)27-2/h3-8,11,13H,9-10,12H2,1-2H3,(H,23,26)(H,24,25)/t13-/m1/s1. The molecule has 2 aromatic heterocycles. The Morgan fingerprint density at radius 2 is 1.97 bits per heavy atom. The summed E-state index contributed by atoms with van der Waals surface area (Å²) in [6.07, 6.45) is 4.19. The van der Waals surface area contributed by atoms with Crippen LogP contribution in [0.2, 0.25) is 0 Å². The summed E-state index contributed by atoms with van der Waals surface area (Å²) >= 11 is 1.47. The van der Waals surface area contributed by atoms with Gasteiger partial charge in [-0.05, 0) is 55.0 Å². The number of methoxy groups -OCH3 is 1. The number of carbonyl (C=O) groups is 2. The minimum atomic E-state index is -0.368. The fourth-order valence-corrected chi connectivity index (χ4v) is 4.99. The summed E-state index contributed by atoms with van der Waals surface area (Å²) < 4.78 is 10.5. The fraction of sp³-hybridized carbons (Fsp3) is 0.273. The number of para-hydroxylation sites is 2. The Hall–Kier alpha value is -3.06. The summed E-state index contributed by atoms with van der Waals surface area (Å²) in [5.41, 5.74) is 2.14. The van der Waals surface area contributed by atoms with Crippen LogP contribution >= 0.6 is 11.3 Å². The van der Waals surface area contributed by atoms with Crippen LogP contribution in [0.4, 0.5) is 10.7 Å². The molecule has 0 saturated heterocycles. The van der Waals surface area contributed by atoms with Crippen molar-refractivity contribution in [3.63, 3.8) is 0 Å². The summed E-state index contributed by atoms with van der Waals surface area (Å²) in [5.74, 6) is 0.727. The fourth-order valence-electron chi connectivity index (χ4n) is 3.58. The molecule has 0 bridgehead atoms. The molecular formula is C22H22N2O4S. The van der Waals surface area contributed by atoms with Crippen LogP contribution in [0.25, 0.3) is 0 Å². The van der Waals surface area contributed by atoms with Gasteiger partial charge in [0.05, 0.1) is 24.6 Å². The van der Waals surface area contributed by atoms with Crippen LogP contribution in [0.1, 0.15) is 44.7 Å². The zero-order chi connectivity index (χ0) is 20.4. The SMILES string of the molecule is COc1ccccc1NC(=O)c1c(NC(=O)c2ccco2)sc2c1CC[C@@H](C)C2. The maximum Gasteiger partial charge on any atom is 0.291 e. The molecule has 2 amide bonds. The van der Waals surface area contributed by atoms with Crippen molar-refractivity contribution < 1.29 is 18.7 Å². The van der Waals surface area contributed by atoms with Gasteiger partial charge in [-0.15, -0.1) is 11.3 Å². The zero-order valence-corrected chi connectivity index (χ0v) is 17.1. The van der Waals surface area contributed by atoms with Gasteiger partial charge in [0, 0.05) is 4.88 Å². The molecule has 29 heavy (non-hydrogen) atoms. The van der Waals surface area contributed by atoms with E-state index < -0.39 is 0 Å². The van der Waals surface area contributed by atoms with Crippen LogP contribution in [-0.4, -0.2) is 18.9 Å². The number of furan rings is 1. The lowest BCUT2D eigenvalue weighted by Gasteiger charge is -2.19. The summed E-state index contributed by atoms with van der Waals surface area (Å²) in [6, 6.07) is 10.5. The van der Waals surface area contributed by atoms with Crippen molar-refractivity contribution in [2.24, 2.45) is 5.92 Å². The van der Waals surface area contributed by atoms with Crippen molar-refractivity contribution in [3.05, 3.63) is 64.4 Å². The normalized spacial score (nSPS) is 15.4. The lowest BCUT2D eigenvalue weighted by Crippen LogP contribution is -2.19. The van der Waals surface area contributed by atoms with E-state index in [9.17, 15) is 9.59 Å². The summed E-state index contributed by atoms with van der Waals surface area (Å²) in [6.45, 7) is 2.21. The molecule has 0 spiro atoms. The third-order valence-corrected chi connectivity index (χ3v) is 6.24. The Morgan fingerprint density at radius 3 is 2.72 bits per heavy atom. The Morgan fingerprint density at radius 1 is 1.14 bits per heavy atom. The molecule has 2 heterocycles. The topological polar surface area (TPSA) is 80.6 Å². The number of fused-ring (bicyclic) bond motifs is 1. The van der Waals surface area contributed by atoms with Gasteiger partial charge in [-0.2, -0.15) is 0 Å². The van der Waals surface area contributed by atoms with E-state index in [2.05, 4.69) is 17.6 Å². The van der Waals surface area contributed by atoms with E-state index in [0.29, 0.717) is 27.9 Å². The molecule has 7 heteroatoms. The van der Waals surface area contributed by atoms with E-state index in [1.54, 1.807) is 31.4 Å². The first-order valence-corrected chi connectivity index (χ1v) is 10.3. The first-order chi connectivity index (χ1) is 14.1. The first kappa shape index (κ1) is 19.3. The summed E-state index contributed by atoms with van der Waals surface area (Å²) in [7, 11) is 1.56. The monoisotopic (exact) mass is 410 g/mol. The molecule has 150 valence electrons. The highest BCUT2D eigenvalue weighted by atomic mass is 32.1. The van der Waals surface area contributed by atoms with Gasteiger partial charge in [-0.3, -0.25) is 9.59 Å². The Kier molecular flexibility index (Phi) is 5.40. The van der Waals surface area contributed by atoms with Crippen molar-refractivity contribution in [3.8, 4) is 5.75 Å². The second-order valence-electron chi connectivity index (χ2n) is 7.14. The maximum atomic E-state index is 13.3. The highest BCUT2D eigenvalue weighted by molar-refractivity contribution is 7.17. The molecule has 0 radical (unpaired) electrons. The van der Waals surface area contributed by atoms with Crippen LogP contribution in [0.3, 0.4) is 0 Å². The molecule has 4 rings (SSSR count). The van der Waals surface area contributed by atoms with Crippen LogP contribution in [0.5, 0.6) is 5.75 Å². The average Bonchev–Trinajstić information content (AvgIpc) is 3.35. The van der Waals surface area contributed by atoms with Crippen LogP contribution in [0, 0.1) is 5.92 Å². The van der Waals surface area contributed by atoms with Crippen molar-refractivity contribution >= 4 is 33.8 Å². The number of amides is 2. The Balaban J connectivity index is 1.68. The quantitative estimate of drug-likeness (QED) is 0.622. The minimum Gasteiger partial charge on any atom is -0.495 e. The van der Waals surface area contributed by atoms with Crippen LogP contribution < -0.4 is 15.4 Å². The number of hydrogen-bond donors (Lipinski definition) is 2. The Labute approximate surface area is 172 Å². The molecule has 1 aliphatic rings. The zero-order valence-electron chi connectivity index (χ0n) is 16.3. The van der Waals surface area contributed by atoms with Crippen molar-refractivity contribution in [2.45, 2.75) is 26.2 Å². The third kappa shape index (κ3) is 3.91. The van der Waals surface area contributed by atoms with E-state index >= 15 is 0 Å². The van der Waals surface area contributed by atoms with Gasteiger partial charge in [-0.1, -0.05) is 19.1 Å². The number of anilines is 2. The Bertz CT molecular complexity index is 1040. The van der Waals surface area contributed by atoms with E-state index in [-0.39, 0.29) is 17.6 Å². The molecule has 0 aliphatic heterocycles. The molecule has 6 nitrogen and oxygen atoms in total. The molecule has 0 fully saturated rings. The van der Waals surface area contributed by atoms with Crippen LogP contribution in [-0.2, 0) is 12.8 Å². The van der Waals surface area contributed by atoms with Gasteiger partial charge in [0.1, 0.15) is 10.8 Å². The van der Waals surface area contributed by atoms with Gasteiger partial charge in [-0.25, -0.2) is 0 Å². The number of ether oxygens (including phenoxy) is 1. The lowest BCUT2D eigenvalue weighted by molar-refractivity contribution is 0.0997. The predicted octanol–water partition coefficient (Wildman–Crippen LogP) is 4.98. The van der Waals surface area contributed by atoms with E-state index in [1.807, 2.05) is 12.1 Å². The van der Waals surface area contributed by atoms with Gasteiger partial charge in [0.15, 0.2) is 5.76 Å². The highest BCUT2D eigenvalue weighted by Crippen LogP contribution is 2.40. The van der Waals surface area contributed by atoms with E-state index in [1.165, 1.54) is 17.6 Å². The van der Waals surface area contributed by atoms with Crippen molar-refractivity contribution in [1.82, 2.24) is 0 Å². The van der Waals surface area contributed by atoms with E-state index in [0.717, 1.165) is 29.7 Å². The van der Waals surface area contributed by atoms with Gasteiger partial charge in [0.25, 0.3) is 11.8 Å². The number of rotatable bonds is 5. The third-order valence-electron chi connectivity index (χ3n) is 5.07. The highest BCUT2D eigenvalue weighted by Gasteiger charge is 2.29. The largest absolute Gasteiger partial charge is 0.495 e. The smallest absolute Gasteiger partial charge is 0.291 e. The second-order valence-corrected chi connectivity index (χ2v) is 8.25. The number of benzene rings is 1. The minimum absolute atomic E-state index is 0.209. The maximum absolute atomic E-state index is 13.3. The van der Waals surface area contributed by atoms with Gasteiger partial charge < -0.3 is 19.8 Å². The number of nitrogens with one attached hydrogen (secondary N) is 2. The predicted molar refractivity (Wildman–Crippen MR) is 113 cm³/mol.